The Morgan fingerprint density at radius 2 is 1.92 bits per heavy atom. The summed E-state index contributed by atoms with van der Waals surface area (Å²) in [4.78, 5) is 41.3. The van der Waals surface area contributed by atoms with Crippen LogP contribution in [0, 0.1) is 5.92 Å². The number of rotatable bonds is 3. The largest absolute Gasteiger partial charge is 0.465 e. The molecule has 0 aromatic carbocycles. The van der Waals surface area contributed by atoms with Gasteiger partial charge in [-0.25, -0.2) is 4.79 Å². The standard InChI is InChI=1S/C17H19BrN2O4S/c1-3-13(21)19-6-4-10(5-7-19)16(22)20-8-11-12(9-20)25-15(14(11)18)17(23)24-2/h3,10H,1,4-9H2,2H3. The molecule has 3 rings (SSSR count). The van der Waals surface area contributed by atoms with E-state index in [1.807, 2.05) is 4.90 Å². The highest BCUT2D eigenvalue weighted by Crippen LogP contribution is 2.40. The van der Waals surface area contributed by atoms with Gasteiger partial charge in [0.15, 0.2) is 0 Å². The Balaban J connectivity index is 1.63. The number of amides is 2. The summed E-state index contributed by atoms with van der Waals surface area (Å²) in [5.74, 6) is -0.362. The van der Waals surface area contributed by atoms with Crippen LogP contribution in [0.25, 0.3) is 0 Å². The van der Waals surface area contributed by atoms with Crippen LogP contribution in [0.1, 0.15) is 33.0 Å². The van der Waals surface area contributed by atoms with Crippen LogP contribution in [0.5, 0.6) is 0 Å². The van der Waals surface area contributed by atoms with Gasteiger partial charge in [-0.15, -0.1) is 11.3 Å². The van der Waals surface area contributed by atoms with Crippen LogP contribution < -0.4 is 0 Å². The van der Waals surface area contributed by atoms with Crippen LogP contribution in [0.15, 0.2) is 17.1 Å². The Labute approximate surface area is 158 Å². The number of hydrogen-bond donors (Lipinski definition) is 0. The second-order valence-corrected chi connectivity index (χ2v) is 8.03. The molecule has 2 aliphatic heterocycles. The van der Waals surface area contributed by atoms with Crippen molar-refractivity contribution in [2.75, 3.05) is 20.2 Å². The summed E-state index contributed by atoms with van der Waals surface area (Å²) >= 11 is 4.84. The van der Waals surface area contributed by atoms with Crippen molar-refractivity contribution in [1.82, 2.24) is 9.80 Å². The van der Waals surface area contributed by atoms with Gasteiger partial charge >= 0.3 is 5.97 Å². The highest BCUT2D eigenvalue weighted by molar-refractivity contribution is 9.10. The van der Waals surface area contributed by atoms with Gasteiger partial charge in [0, 0.05) is 40.5 Å². The Hall–Kier alpha value is -1.67. The number of likely N-dealkylation sites (tertiary alicyclic amines) is 1. The van der Waals surface area contributed by atoms with E-state index in [2.05, 4.69) is 22.5 Å². The number of piperidine rings is 1. The summed E-state index contributed by atoms with van der Waals surface area (Å²) in [6.45, 7) is 5.72. The monoisotopic (exact) mass is 426 g/mol. The number of nitrogens with zero attached hydrogens (tertiary/aromatic N) is 2. The first-order valence-electron chi connectivity index (χ1n) is 8.04. The summed E-state index contributed by atoms with van der Waals surface area (Å²) in [5.41, 5.74) is 0.998. The second-order valence-electron chi connectivity index (χ2n) is 6.14. The molecular weight excluding hydrogens is 408 g/mol. The Kier molecular flexibility index (Phi) is 5.29. The SMILES string of the molecule is C=CC(=O)N1CCC(C(=O)N2Cc3sc(C(=O)OC)c(Br)c3C2)CC1. The first-order valence-corrected chi connectivity index (χ1v) is 9.65. The predicted molar refractivity (Wildman–Crippen MR) is 97.1 cm³/mol. The zero-order valence-electron chi connectivity index (χ0n) is 13.9. The fourth-order valence-corrected chi connectivity index (χ4v) is 5.35. The van der Waals surface area contributed by atoms with Crippen molar-refractivity contribution in [3.63, 3.8) is 0 Å². The van der Waals surface area contributed by atoms with Gasteiger partial charge in [-0.2, -0.15) is 0 Å². The lowest BCUT2D eigenvalue weighted by atomic mass is 9.95. The average Bonchev–Trinajstić information content (AvgIpc) is 3.19. The quantitative estimate of drug-likeness (QED) is 0.550. The van der Waals surface area contributed by atoms with Gasteiger partial charge in [0.2, 0.25) is 11.8 Å². The van der Waals surface area contributed by atoms with E-state index in [1.165, 1.54) is 24.5 Å². The molecule has 0 radical (unpaired) electrons. The van der Waals surface area contributed by atoms with Crippen molar-refractivity contribution < 1.29 is 19.1 Å². The molecule has 2 aliphatic rings. The van der Waals surface area contributed by atoms with E-state index in [-0.39, 0.29) is 23.7 Å². The van der Waals surface area contributed by atoms with Gasteiger partial charge in [-0.3, -0.25) is 9.59 Å². The molecule has 1 aromatic heterocycles. The van der Waals surface area contributed by atoms with E-state index in [4.69, 9.17) is 4.74 Å². The molecule has 0 unspecified atom stereocenters. The Morgan fingerprint density at radius 1 is 1.24 bits per heavy atom. The summed E-state index contributed by atoms with van der Waals surface area (Å²) in [6.07, 6.45) is 2.67. The molecule has 2 amide bonds. The van der Waals surface area contributed by atoms with Crippen LogP contribution in [0.3, 0.4) is 0 Å². The fourth-order valence-electron chi connectivity index (χ4n) is 3.31. The van der Waals surface area contributed by atoms with Gasteiger partial charge in [0.05, 0.1) is 13.7 Å². The van der Waals surface area contributed by atoms with Crippen LogP contribution in [-0.4, -0.2) is 47.8 Å². The van der Waals surface area contributed by atoms with Crippen molar-refractivity contribution in [3.05, 3.63) is 32.4 Å². The fraction of sp³-hybridized carbons (Fsp3) is 0.471. The average molecular weight is 427 g/mol. The van der Waals surface area contributed by atoms with Crippen LogP contribution in [0.2, 0.25) is 0 Å². The van der Waals surface area contributed by atoms with Crippen molar-refractivity contribution in [2.45, 2.75) is 25.9 Å². The molecule has 134 valence electrons. The number of halogens is 1. The highest BCUT2D eigenvalue weighted by Gasteiger charge is 2.35. The van der Waals surface area contributed by atoms with Crippen LogP contribution in [-0.2, 0) is 27.4 Å². The Morgan fingerprint density at radius 3 is 2.48 bits per heavy atom. The van der Waals surface area contributed by atoms with Crippen molar-refractivity contribution in [2.24, 2.45) is 5.92 Å². The third-order valence-corrected chi connectivity index (χ3v) is 7.06. The summed E-state index contributed by atoms with van der Waals surface area (Å²) in [7, 11) is 1.36. The maximum absolute atomic E-state index is 12.8. The lowest BCUT2D eigenvalue weighted by Crippen LogP contribution is -2.42. The molecule has 3 heterocycles. The normalized spacial score (nSPS) is 17.4. The molecule has 0 bridgehead atoms. The minimum absolute atomic E-state index is 0.0540. The van der Waals surface area contributed by atoms with E-state index in [1.54, 1.807) is 4.90 Å². The predicted octanol–water partition coefficient (Wildman–Crippen LogP) is 2.56. The maximum atomic E-state index is 12.8. The highest BCUT2D eigenvalue weighted by atomic mass is 79.9. The smallest absolute Gasteiger partial charge is 0.349 e. The lowest BCUT2D eigenvalue weighted by Gasteiger charge is -2.32. The number of fused-ring (bicyclic) bond motifs is 1. The number of carbonyl (C=O) groups is 3. The topological polar surface area (TPSA) is 66.9 Å². The van der Waals surface area contributed by atoms with Crippen LogP contribution in [0.4, 0.5) is 0 Å². The number of methoxy groups -OCH3 is 1. The van der Waals surface area contributed by atoms with Crippen molar-refractivity contribution in [1.29, 1.82) is 0 Å². The van der Waals surface area contributed by atoms with Gasteiger partial charge < -0.3 is 14.5 Å². The minimum atomic E-state index is -0.358. The van der Waals surface area contributed by atoms with Crippen LogP contribution >= 0.6 is 27.3 Å². The molecule has 8 heteroatoms. The molecule has 0 aliphatic carbocycles. The third kappa shape index (κ3) is 3.37. The zero-order valence-corrected chi connectivity index (χ0v) is 16.3. The van der Waals surface area contributed by atoms with Gasteiger partial charge in [-0.1, -0.05) is 6.58 Å². The first kappa shape index (κ1) is 18.1. The number of carbonyl (C=O) groups excluding carboxylic acids is 3. The molecule has 0 atom stereocenters. The summed E-state index contributed by atoms with van der Waals surface area (Å²) < 4.78 is 5.52. The van der Waals surface area contributed by atoms with E-state index in [0.29, 0.717) is 43.9 Å². The number of thiophene rings is 1. The maximum Gasteiger partial charge on any atom is 0.349 e. The van der Waals surface area contributed by atoms with E-state index in [9.17, 15) is 14.4 Å². The second kappa shape index (κ2) is 7.29. The number of esters is 1. The number of hydrogen-bond acceptors (Lipinski definition) is 5. The van der Waals surface area contributed by atoms with Gasteiger partial charge in [-0.05, 0) is 34.8 Å². The lowest BCUT2D eigenvalue weighted by molar-refractivity contribution is -0.139. The van der Waals surface area contributed by atoms with E-state index < -0.39 is 0 Å². The molecule has 1 saturated heterocycles. The summed E-state index contributed by atoms with van der Waals surface area (Å²) in [5, 5.41) is 0. The molecule has 6 nitrogen and oxygen atoms in total. The first-order chi connectivity index (χ1) is 12.0. The minimum Gasteiger partial charge on any atom is -0.465 e. The summed E-state index contributed by atoms with van der Waals surface area (Å²) in [6, 6.07) is 0. The molecule has 25 heavy (non-hydrogen) atoms. The van der Waals surface area contributed by atoms with E-state index in [0.717, 1.165) is 14.9 Å². The van der Waals surface area contributed by atoms with Gasteiger partial charge in [0.25, 0.3) is 0 Å². The van der Waals surface area contributed by atoms with Crippen molar-refractivity contribution in [3.8, 4) is 0 Å². The molecule has 1 aromatic rings. The molecule has 1 fully saturated rings. The third-order valence-electron chi connectivity index (χ3n) is 4.72. The van der Waals surface area contributed by atoms with Crippen molar-refractivity contribution >= 4 is 45.1 Å². The molecule has 0 N–H and O–H groups in total. The molecule has 0 spiro atoms. The van der Waals surface area contributed by atoms with Gasteiger partial charge in [0.1, 0.15) is 4.88 Å². The number of ether oxygens (including phenoxy) is 1. The zero-order chi connectivity index (χ0) is 18.1. The van der Waals surface area contributed by atoms with E-state index >= 15 is 0 Å². The molecular formula is C17H19BrN2O4S. The molecule has 0 saturated carbocycles. The Bertz CT molecular complexity index is 737.